The standard InChI is InChI=1S/C14H14N/c1-12-5-2-3-7-14(12)9-8-13-6-4-10-15-11-13/h2-7,9-11H,8H2,1H3. The molecule has 0 spiro atoms. The van der Waals surface area contributed by atoms with Gasteiger partial charge in [-0.1, -0.05) is 30.3 Å². The van der Waals surface area contributed by atoms with Gasteiger partial charge in [-0.15, -0.1) is 0 Å². The monoisotopic (exact) mass is 196 g/mol. The van der Waals surface area contributed by atoms with E-state index in [4.69, 9.17) is 0 Å². The largest absolute Gasteiger partial charge is 0.264 e. The zero-order chi connectivity index (χ0) is 10.5. The number of pyridine rings is 1. The van der Waals surface area contributed by atoms with Gasteiger partial charge in [0.15, 0.2) is 0 Å². The average molecular weight is 196 g/mol. The van der Waals surface area contributed by atoms with E-state index in [2.05, 4.69) is 48.7 Å². The summed E-state index contributed by atoms with van der Waals surface area (Å²) in [6, 6.07) is 12.5. The first-order valence-corrected chi connectivity index (χ1v) is 5.14. The predicted molar refractivity (Wildman–Crippen MR) is 62.5 cm³/mol. The fraction of sp³-hybridized carbons (Fsp3) is 0.143. The van der Waals surface area contributed by atoms with Crippen LogP contribution in [0.5, 0.6) is 0 Å². The second kappa shape index (κ2) is 4.74. The quantitative estimate of drug-likeness (QED) is 0.734. The van der Waals surface area contributed by atoms with Crippen LogP contribution in [-0.4, -0.2) is 4.98 Å². The van der Waals surface area contributed by atoms with Gasteiger partial charge in [0.2, 0.25) is 0 Å². The van der Waals surface area contributed by atoms with Crippen molar-refractivity contribution >= 4 is 0 Å². The Labute approximate surface area is 90.8 Å². The molecule has 1 aromatic carbocycles. The molecule has 0 saturated heterocycles. The lowest BCUT2D eigenvalue weighted by molar-refractivity contribution is 1.12. The van der Waals surface area contributed by atoms with E-state index in [0.29, 0.717) is 0 Å². The summed E-state index contributed by atoms with van der Waals surface area (Å²) in [6.45, 7) is 2.13. The van der Waals surface area contributed by atoms with Gasteiger partial charge in [0, 0.05) is 12.4 Å². The van der Waals surface area contributed by atoms with Crippen LogP contribution in [0.3, 0.4) is 0 Å². The van der Waals surface area contributed by atoms with Crippen LogP contribution in [0, 0.1) is 13.3 Å². The van der Waals surface area contributed by atoms with Crippen molar-refractivity contribution in [3.63, 3.8) is 0 Å². The van der Waals surface area contributed by atoms with E-state index in [-0.39, 0.29) is 0 Å². The van der Waals surface area contributed by atoms with Gasteiger partial charge in [-0.2, -0.15) is 0 Å². The Morgan fingerprint density at radius 3 is 2.73 bits per heavy atom. The van der Waals surface area contributed by atoms with Crippen LogP contribution in [0.2, 0.25) is 0 Å². The molecule has 0 fully saturated rings. The lowest BCUT2D eigenvalue weighted by atomic mass is 10.0. The molecule has 0 aliphatic heterocycles. The highest BCUT2D eigenvalue weighted by atomic mass is 14.6. The van der Waals surface area contributed by atoms with E-state index in [1.54, 1.807) is 6.20 Å². The van der Waals surface area contributed by atoms with Crippen molar-refractivity contribution in [2.45, 2.75) is 13.3 Å². The SMILES string of the molecule is Cc1ccccc1[CH]Cc1cccnc1. The topological polar surface area (TPSA) is 12.9 Å². The third-order valence-electron chi connectivity index (χ3n) is 2.47. The Morgan fingerprint density at radius 2 is 2.00 bits per heavy atom. The summed E-state index contributed by atoms with van der Waals surface area (Å²) in [5.41, 5.74) is 3.88. The molecule has 0 aliphatic rings. The zero-order valence-corrected chi connectivity index (χ0v) is 8.85. The van der Waals surface area contributed by atoms with Crippen molar-refractivity contribution < 1.29 is 0 Å². The molecule has 1 heteroatoms. The number of hydrogen-bond donors (Lipinski definition) is 0. The fourth-order valence-corrected chi connectivity index (χ4v) is 1.56. The van der Waals surface area contributed by atoms with Crippen molar-refractivity contribution in [2.24, 2.45) is 0 Å². The van der Waals surface area contributed by atoms with Crippen molar-refractivity contribution in [3.8, 4) is 0 Å². The minimum absolute atomic E-state index is 0.943. The fourth-order valence-electron chi connectivity index (χ4n) is 1.56. The molecule has 0 amide bonds. The molecule has 1 aromatic heterocycles. The molecule has 0 aliphatic carbocycles. The zero-order valence-electron chi connectivity index (χ0n) is 8.85. The second-order valence-electron chi connectivity index (χ2n) is 3.63. The van der Waals surface area contributed by atoms with Gasteiger partial charge in [0.25, 0.3) is 0 Å². The molecule has 15 heavy (non-hydrogen) atoms. The molecule has 75 valence electrons. The number of nitrogens with zero attached hydrogens (tertiary/aromatic N) is 1. The third kappa shape index (κ3) is 2.66. The van der Waals surface area contributed by atoms with Gasteiger partial charge >= 0.3 is 0 Å². The molecular weight excluding hydrogens is 182 g/mol. The summed E-state index contributed by atoms with van der Waals surface area (Å²) in [4.78, 5) is 4.10. The Morgan fingerprint density at radius 1 is 1.13 bits per heavy atom. The maximum Gasteiger partial charge on any atom is 0.0300 e. The van der Waals surface area contributed by atoms with Crippen LogP contribution in [0.15, 0.2) is 48.8 Å². The van der Waals surface area contributed by atoms with Crippen LogP contribution in [0.1, 0.15) is 16.7 Å². The van der Waals surface area contributed by atoms with Crippen LogP contribution in [0.4, 0.5) is 0 Å². The summed E-state index contributed by atoms with van der Waals surface area (Å²) in [6.07, 6.45) is 6.90. The molecule has 0 N–H and O–H groups in total. The van der Waals surface area contributed by atoms with Crippen LogP contribution in [0.25, 0.3) is 0 Å². The van der Waals surface area contributed by atoms with Gasteiger partial charge < -0.3 is 0 Å². The normalized spacial score (nSPS) is 10.2. The van der Waals surface area contributed by atoms with E-state index in [0.717, 1.165) is 6.42 Å². The van der Waals surface area contributed by atoms with Crippen LogP contribution in [-0.2, 0) is 6.42 Å². The molecule has 1 heterocycles. The minimum atomic E-state index is 0.943. The summed E-state index contributed by atoms with van der Waals surface area (Å²) in [7, 11) is 0. The average Bonchev–Trinajstić information content (AvgIpc) is 2.29. The van der Waals surface area contributed by atoms with Gasteiger partial charge in [0.05, 0.1) is 0 Å². The number of hydrogen-bond acceptors (Lipinski definition) is 1. The molecule has 0 bridgehead atoms. The highest BCUT2D eigenvalue weighted by Crippen LogP contribution is 2.12. The summed E-state index contributed by atoms with van der Waals surface area (Å²) in [5, 5.41) is 0. The van der Waals surface area contributed by atoms with Crippen molar-refractivity contribution in [1.82, 2.24) is 4.98 Å². The van der Waals surface area contributed by atoms with Crippen LogP contribution >= 0.6 is 0 Å². The molecular formula is C14H14N. The minimum Gasteiger partial charge on any atom is -0.264 e. The Balaban J connectivity index is 2.03. The summed E-state index contributed by atoms with van der Waals surface area (Å²) in [5.74, 6) is 0. The first-order chi connectivity index (χ1) is 7.36. The van der Waals surface area contributed by atoms with E-state index in [1.165, 1.54) is 16.7 Å². The molecule has 0 atom stereocenters. The molecule has 1 radical (unpaired) electrons. The van der Waals surface area contributed by atoms with Gasteiger partial charge in [-0.3, -0.25) is 4.98 Å². The highest BCUT2D eigenvalue weighted by molar-refractivity contribution is 5.33. The lowest BCUT2D eigenvalue weighted by Gasteiger charge is -2.04. The van der Waals surface area contributed by atoms with Crippen molar-refractivity contribution in [3.05, 3.63) is 71.9 Å². The maximum atomic E-state index is 4.10. The van der Waals surface area contributed by atoms with Gasteiger partial charge in [-0.05, 0) is 42.5 Å². The van der Waals surface area contributed by atoms with E-state index in [1.807, 2.05) is 12.3 Å². The van der Waals surface area contributed by atoms with Gasteiger partial charge in [0.1, 0.15) is 0 Å². The Bertz CT molecular complexity index is 420. The summed E-state index contributed by atoms with van der Waals surface area (Å²) >= 11 is 0. The first-order valence-electron chi connectivity index (χ1n) is 5.14. The van der Waals surface area contributed by atoms with Crippen LogP contribution < -0.4 is 0 Å². The highest BCUT2D eigenvalue weighted by Gasteiger charge is 1.98. The smallest absolute Gasteiger partial charge is 0.0300 e. The molecule has 2 aromatic rings. The van der Waals surface area contributed by atoms with Crippen molar-refractivity contribution in [2.75, 3.05) is 0 Å². The molecule has 0 saturated carbocycles. The number of rotatable bonds is 3. The number of aromatic nitrogens is 1. The first kappa shape index (κ1) is 9.91. The maximum absolute atomic E-state index is 4.10. The molecule has 0 unspecified atom stereocenters. The molecule has 1 nitrogen and oxygen atoms in total. The number of aryl methyl sites for hydroxylation is 1. The number of benzene rings is 1. The second-order valence-corrected chi connectivity index (χ2v) is 3.63. The van der Waals surface area contributed by atoms with Gasteiger partial charge in [-0.25, -0.2) is 0 Å². The Hall–Kier alpha value is -1.63. The molecule has 2 rings (SSSR count). The Kier molecular flexibility index (Phi) is 3.13. The predicted octanol–water partition coefficient (Wildman–Crippen LogP) is 3.19. The summed E-state index contributed by atoms with van der Waals surface area (Å²) < 4.78 is 0. The van der Waals surface area contributed by atoms with E-state index >= 15 is 0 Å². The van der Waals surface area contributed by atoms with Crippen molar-refractivity contribution in [1.29, 1.82) is 0 Å². The van der Waals surface area contributed by atoms with E-state index < -0.39 is 0 Å². The lowest BCUT2D eigenvalue weighted by Crippen LogP contribution is -1.91. The third-order valence-corrected chi connectivity index (χ3v) is 2.47. The van der Waals surface area contributed by atoms with E-state index in [9.17, 15) is 0 Å².